The second kappa shape index (κ2) is 7.00. The molecular weight excluding hydrogens is 306 g/mol. The summed E-state index contributed by atoms with van der Waals surface area (Å²) in [6, 6.07) is 1.81. The van der Waals surface area contributed by atoms with Crippen LogP contribution in [0.2, 0.25) is 0 Å². The average molecular weight is 329 g/mol. The number of anilines is 1. The van der Waals surface area contributed by atoms with Crippen LogP contribution in [0.1, 0.15) is 30.4 Å². The van der Waals surface area contributed by atoms with Gasteiger partial charge in [0.25, 0.3) is 0 Å². The van der Waals surface area contributed by atoms with Crippen molar-refractivity contribution in [2.75, 3.05) is 18.4 Å². The fourth-order valence-electron chi connectivity index (χ4n) is 2.93. The molecule has 1 amide bonds. The van der Waals surface area contributed by atoms with Gasteiger partial charge < -0.3 is 9.84 Å². The number of carbonyl (C=O) groups excluding carboxylic acids is 1. The van der Waals surface area contributed by atoms with Crippen molar-refractivity contribution in [2.24, 2.45) is 0 Å². The molecule has 0 saturated carbocycles. The van der Waals surface area contributed by atoms with E-state index in [1.54, 1.807) is 6.20 Å². The smallest absolute Gasteiger partial charge is 0.222 e. The number of aromatic nitrogens is 3. The Labute approximate surface area is 141 Å². The van der Waals surface area contributed by atoms with Crippen LogP contribution < -0.4 is 5.32 Å². The first-order valence-corrected chi connectivity index (χ1v) is 8.14. The quantitative estimate of drug-likeness (QED) is 0.852. The maximum absolute atomic E-state index is 11.2. The zero-order chi connectivity index (χ0) is 17.1. The van der Waals surface area contributed by atoms with E-state index in [4.69, 9.17) is 4.52 Å². The maximum Gasteiger partial charge on any atom is 0.222 e. The van der Waals surface area contributed by atoms with E-state index in [0.29, 0.717) is 6.54 Å². The minimum atomic E-state index is -0.0833. The zero-order valence-electron chi connectivity index (χ0n) is 14.4. The molecule has 24 heavy (non-hydrogen) atoms. The van der Waals surface area contributed by atoms with Gasteiger partial charge in [-0.15, -0.1) is 0 Å². The van der Waals surface area contributed by atoms with E-state index >= 15 is 0 Å². The normalized spacial score (nSPS) is 15.4. The van der Waals surface area contributed by atoms with Crippen LogP contribution in [0.4, 0.5) is 5.82 Å². The average Bonchev–Trinajstić information content (AvgIpc) is 3.10. The van der Waals surface area contributed by atoms with Gasteiger partial charge in [-0.1, -0.05) is 16.8 Å². The molecule has 0 aromatic carbocycles. The zero-order valence-corrected chi connectivity index (χ0v) is 14.4. The van der Waals surface area contributed by atoms with Gasteiger partial charge in [0, 0.05) is 38.2 Å². The predicted molar refractivity (Wildman–Crippen MR) is 90.5 cm³/mol. The summed E-state index contributed by atoms with van der Waals surface area (Å²) in [5.74, 6) is 1.56. The standard InChI is InChI=1S/C17H23N5O2/c1-12-16(13(2)24-20-12)11-21-8-5-15(6-9-21)10-22-17(4-7-18-22)19-14(3)23/h4-5,7H,6,8-11H2,1-3H3,(H,19,23). The molecule has 3 rings (SSSR count). The third-order valence-electron chi connectivity index (χ3n) is 4.32. The van der Waals surface area contributed by atoms with Crippen LogP contribution in [-0.2, 0) is 17.9 Å². The molecule has 1 aliphatic heterocycles. The lowest BCUT2D eigenvalue weighted by molar-refractivity contribution is -0.114. The van der Waals surface area contributed by atoms with Gasteiger partial charge in [0.05, 0.1) is 18.4 Å². The lowest BCUT2D eigenvalue weighted by Crippen LogP contribution is -2.29. The van der Waals surface area contributed by atoms with Crippen molar-refractivity contribution in [3.05, 3.63) is 40.9 Å². The molecule has 0 radical (unpaired) electrons. The van der Waals surface area contributed by atoms with Crippen LogP contribution in [-0.4, -0.2) is 38.8 Å². The molecule has 0 spiro atoms. The van der Waals surface area contributed by atoms with Crippen LogP contribution in [0.15, 0.2) is 28.4 Å². The van der Waals surface area contributed by atoms with E-state index in [9.17, 15) is 4.79 Å². The first-order valence-electron chi connectivity index (χ1n) is 8.14. The number of aryl methyl sites for hydroxylation is 2. The lowest BCUT2D eigenvalue weighted by Gasteiger charge is -2.26. The van der Waals surface area contributed by atoms with Crippen molar-refractivity contribution in [3.8, 4) is 0 Å². The Kier molecular flexibility index (Phi) is 4.80. The number of nitrogens with one attached hydrogen (secondary N) is 1. The van der Waals surface area contributed by atoms with Crippen molar-refractivity contribution >= 4 is 11.7 Å². The van der Waals surface area contributed by atoms with Crippen LogP contribution in [0, 0.1) is 13.8 Å². The highest BCUT2D eigenvalue weighted by molar-refractivity contribution is 5.87. The van der Waals surface area contributed by atoms with Crippen molar-refractivity contribution < 1.29 is 9.32 Å². The maximum atomic E-state index is 11.2. The molecule has 2 aromatic heterocycles. The van der Waals surface area contributed by atoms with Crippen LogP contribution in [0.5, 0.6) is 0 Å². The van der Waals surface area contributed by atoms with E-state index < -0.39 is 0 Å². The van der Waals surface area contributed by atoms with Gasteiger partial charge in [-0.05, 0) is 20.3 Å². The summed E-state index contributed by atoms with van der Waals surface area (Å²) in [6.45, 7) is 8.91. The van der Waals surface area contributed by atoms with Crippen LogP contribution >= 0.6 is 0 Å². The number of hydrogen-bond acceptors (Lipinski definition) is 5. The number of carbonyl (C=O) groups is 1. The van der Waals surface area contributed by atoms with Gasteiger partial charge in [-0.2, -0.15) is 5.10 Å². The molecule has 0 saturated heterocycles. The predicted octanol–water partition coefficient (Wildman–Crippen LogP) is 2.28. The summed E-state index contributed by atoms with van der Waals surface area (Å²) in [7, 11) is 0. The second-order valence-electron chi connectivity index (χ2n) is 6.21. The van der Waals surface area contributed by atoms with Gasteiger partial charge in [-0.25, -0.2) is 4.68 Å². The van der Waals surface area contributed by atoms with E-state index in [2.05, 4.69) is 26.5 Å². The highest BCUT2D eigenvalue weighted by atomic mass is 16.5. The van der Waals surface area contributed by atoms with Crippen molar-refractivity contribution in [1.82, 2.24) is 19.8 Å². The molecule has 1 N–H and O–H groups in total. The monoisotopic (exact) mass is 329 g/mol. The molecule has 128 valence electrons. The van der Waals surface area contributed by atoms with Crippen molar-refractivity contribution in [1.29, 1.82) is 0 Å². The molecule has 3 heterocycles. The second-order valence-corrected chi connectivity index (χ2v) is 6.21. The first-order chi connectivity index (χ1) is 11.5. The molecule has 0 bridgehead atoms. The number of hydrogen-bond donors (Lipinski definition) is 1. The Bertz CT molecular complexity index is 739. The SMILES string of the molecule is CC(=O)Nc1ccnn1CC1=CCN(Cc2c(C)noc2C)CC1. The van der Waals surface area contributed by atoms with Gasteiger partial charge >= 0.3 is 0 Å². The summed E-state index contributed by atoms with van der Waals surface area (Å²) < 4.78 is 7.07. The topological polar surface area (TPSA) is 76.2 Å². The van der Waals surface area contributed by atoms with E-state index in [0.717, 1.165) is 43.3 Å². The van der Waals surface area contributed by atoms with Gasteiger partial charge in [0.1, 0.15) is 11.6 Å². The minimum Gasteiger partial charge on any atom is -0.361 e. The molecule has 7 nitrogen and oxygen atoms in total. The van der Waals surface area contributed by atoms with Crippen molar-refractivity contribution in [3.63, 3.8) is 0 Å². The number of amides is 1. The fraction of sp³-hybridized carbons (Fsp3) is 0.471. The summed E-state index contributed by atoms with van der Waals surface area (Å²) in [4.78, 5) is 13.6. The largest absolute Gasteiger partial charge is 0.361 e. The molecule has 7 heteroatoms. The van der Waals surface area contributed by atoms with Gasteiger partial charge in [0.2, 0.25) is 5.91 Å². The summed E-state index contributed by atoms with van der Waals surface area (Å²) >= 11 is 0. The van der Waals surface area contributed by atoms with E-state index in [1.807, 2.05) is 24.6 Å². The molecule has 0 aliphatic carbocycles. The van der Waals surface area contributed by atoms with Crippen LogP contribution in [0.3, 0.4) is 0 Å². The third kappa shape index (κ3) is 3.73. The first kappa shape index (κ1) is 16.4. The van der Waals surface area contributed by atoms with Crippen LogP contribution in [0.25, 0.3) is 0 Å². The van der Waals surface area contributed by atoms with E-state index in [-0.39, 0.29) is 5.91 Å². The Morgan fingerprint density at radius 2 is 2.21 bits per heavy atom. The lowest BCUT2D eigenvalue weighted by atomic mass is 10.1. The minimum absolute atomic E-state index is 0.0833. The fourth-order valence-corrected chi connectivity index (χ4v) is 2.93. The van der Waals surface area contributed by atoms with Gasteiger partial charge in [-0.3, -0.25) is 9.69 Å². The molecule has 1 aliphatic rings. The number of nitrogens with zero attached hydrogens (tertiary/aromatic N) is 4. The molecule has 0 fully saturated rings. The third-order valence-corrected chi connectivity index (χ3v) is 4.32. The molecular formula is C17H23N5O2. The Morgan fingerprint density at radius 1 is 1.38 bits per heavy atom. The Balaban J connectivity index is 1.60. The van der Waals surface area contributed by atoms with Crippen molar-refractivity contribution in [2.45, 2.75) is 40.3 Å². The van der Waals surface area contributed by atoms with Gasteiger partial charge in [0.15, 0.2) is 0 Å². The Morgan fingerprint density at radius 3 is 2.83 bits per heavy atom. The molecule has 0 unspecified atom stereocenters. The summed E-state index contributed by atoms with van der Waals surface area (Å²) in [5, 5.41) is 11.1. The van der Waals surface area contributed by atoms with E-state index in [1.165, 1.54) is 18.1 Å². The Hall–Kier alpha value is -2.41. The summed E-state index contributed by atoms with van der Waals surface area (Å²) in [5.41, 5.74) is 3.49. The molecule has 0 atom stereocenters. The highest BCUT2D eigenvalue weighted by Crippen LogP contribution is 2.20. The highest BCUT2D eigenvalue weighted by Gasteiger charge is 2.17. The summed E-state index contributed by atoms with van der Waals surface area (Å²) in [6.07, 6.45) is 4.95. The number of rotatable bonds is 5. The molecule has 2 aromatic rings.